The number of aryl methyl sites for hydroxylation is 1. The van der Waals surface area contributed by atoms with Crippen LogP contribution in [0.1, 0.15) is 23.1 Å². The van der Waals surface area contributed by atoms with Gasteiger partial charge in [-0.1, -0.05) is 35.4 Å². The maximum absolute atomic E-state index is 13.4. The number of pyridine rings is 1. The van der Waals surface area contributed by atoms with Gasteiger partial charge in [0.1, 0.15) is 24.8 Å². The molecule has 4 rings (SSSR count). The van der Waals surface area contributed by atoms with E-state index in [4.69, 9.17) is 5.10 Å². The molecule has 1 aromatic heterocycles. The van der Waals surface area contributed by atoms with Crippen molar-refractivity contribution < 1.29 is 14.1 Å². The molecule has 2 aromatic carbocycles. The molecule has 2 heterocycles. The fraction of sp³-hybridized carbons (Fsp3) is 0.167. The van der Waals surface area contributed by atoms with Gasteiger partial charge in [0.05, 0.1) is 5.57 Å². The average Bonchev–Trinajstić information content (AvgIpc) is 3.13. The fourth-order valence-electron chi connectivity index (χ4n) is 3.54. The number of nitrogens with zero attached hydrogens (tertiary/aromatic N) is 3. The second-order valence-corrected chi connectivity index (χ2v) is 7.34. The number of hydrogen-bond donors (Lipinski definition) is 1. The molecular weight excluding hydrogens is 365 g/mol. The Morgan fingerprint density at radius 1 is 0.931 bits per heavy atom. The van der Waals surface area contributed by atoms with Crippen molar-refractivity contribution >= 4 is 11.3 Å². The average molecular weight is 388 g/mol. The predicted molar refractivity (Wildman–Crippen MR) is 112 cm³/mol. The third-order valence-corrected chi connectivity index (χ3v) is 5.21. The molecule has 4 nitrogen and oxygen atoms in total. The van der Waals surface area contributed by atoms with Gasteiger partial charge in [-0.2, -0.15) is 0 Å². The molecule has 5 heteroatoms. The Kier molecular flexibility index (Phi) is 5.34. The van der Waals surface area contributed by atoms with Gasteiger partial charge in [0.25, 0.3) is 0 Å². The highest BCUT2D eigenvalue weighted by molar-refractivity contribution is 6.32. The Hall–Kier alpha value is -3.15. The number of halogens is 1. The third-order valence-electron chi connectivity index (χ3n) is 5.21. The Balaban J connectivity index is 1.66. The van der Waals surface area contributed by atoms with E-state index < -0.39 is 6.23 Å². The van der Waals surface area contributed by atoms with Crippen LogP contribution in [0.4, 0.5) is 4.39 Å². The topological polar surface area (TPSA) is 45.5 Å². The van der Waals surface area contributed by atoms with Crippen molar-refractivity contribution in [2.45, 2.75) is 19.1 Å². The maximum atomic E-state index is 13.4. The predicted octanol–water partition coefficient (Wildman–Crippen LogP) is 4.38. The van der Waals surface area contributed by atoms with Crippen LogP contribution in [0.5, 0.6) is 0 Å². The molecule has 0 radical (unpaired) electrons. The monoisotopic (exact) mass is 388 g/mol. The summed E-state index contributed by atoms with van der Waals surface area (Å²) in [6.45, 7) is 0. The first-order valence-electron chi connectivity index (χ1n) is 9.63. The van der Waals surface area contributed by atoms with Crippen LogP contribution in [0.25, 0.3) is 5.57 Å². The molecular formula is C24H23FN3O+. The van der Waals surface area contributed by atoms with Crippen LogP contribution in [-0.2, 0) is 6.42 Å². The zero-order chi connectivity index (χ0) is 20.3. The van der Waals surface area contributed by atoms with Gasteiger partial charge in [-0.3, -0.25) is 4.98 Å². The molecule has 1 aliphatic heterocycles. The Bertz CT molecular complexity index is 1030. The zero-order valence-corrected chi connectivity index (χ0v) is 16.2. The number of hydrogen-bond acceptors (Lipinski definition) is 3. The summed E-state index contributed by atoms with van der Waals surface area (Å²) in [7, 11) is 1.88. The van der Waals surface area contributed by atoms with E-state index in [1.165, 1.54) is 17.7 Å². The summed E-state index contributed by atoms with van der Waals surface area (Å²) >= 11 is 0. The summed E-state index contributed by atoms with van der Waals surface area (Å²) < 4.78 is 13.5. The van der Waals surface area contributed by atoms with Gasteiger partial charge in [-0.05, 0) is 53.9 Å². The lowest BCUT2D eigenvalue weighted by Gasteiger charge is -2.26. The molecule has 1 aliphatic rings. The van der Waals surface area contributed by atoms with Crippen LogP contribution in [0.2, 0.25) is 0 Å². The molecule has 2 atom stereocenters. The van der Waals surface area contributed by atoms with Crippen molar-refractivity contribution in [3.63, 3.8) is 0 Å². The lowest BCUT2D eigenvalue weighted by Crippen LogP contribution is -2.42. The second kappa shape index (κ2) is 8.07. The van der Waals surface area contributed by atoms with Gasteiger partial charge in [-0.25, -0.2) is 4.39 Å². The number of aliphatic hydroxyl groups is 1. The molecule has 0 bridgehead atoms. The normalized spacial score (nSPS) is 19.6. The number of rotatable bonds is 6. The maximum Gasteiger partial charge on any atom is 0.219 e. The second-order valence-electron chi connectivity index (χ2n) is 7.34. The molecule has 0 spiro atoms. The molecule has 2 unspecified atom stereocenters. The van der Waals surface area contributed by atoms with Crippen molar-refractivity contribution in [1.82, 2.24) is 4.98 Å². The van der Waals surface area contributed by atoms with Crippen LogP contribution < -0.4 is 0 Å². The largest absolute Gasteiger partial charge is 0.343 e. The zero-order valence-electron chi connectivity index (χ0n) is 16.2. The van der Waals surface area contributed by atoms with E-state index in [-0.39, 0.29) is 10.4 Å². The van der Waals surface area contributed by atoms with Crippen molar-refractivity contribution in [1.29, 1.82) is 0 Å². The Morgan fingerprint density at radius 2 is 1.62 bits per heavy atom. The van der Waals surface area contributed by atoms with Crippen molar-refractivity contribution in [2.75, 3.05) is 7.05 Å². The number of benzene rings is 2. The summed E-state index contributed by atoms with van der Waals surface area (Å²) in [5, 5.41) is 15.8. The highest BCUT2D eigenvalue weighted by Crippen LogP contribution is 2.32. The number of aliphatic hydroxyl groups excluding tert-OH is 1. The van der Waals surface area contributed by atoms with Gasteiger partial charge in [-0.15, -0.1) is 4.59 Å². The summed E-state index contributed by atoms with van der Waals surface area (Å²) in [6.07, 6.45) is 6.05. The lowest BCUT2D eigenvalue weighted by molar-refractivity contribution is -0.912. The number of aromatic nitrogens is 1. The first-order chi connectivity index (χ1) is 14.0. The van der Waals surface area contributed by atoms with Crippen molar-refractivity contribution in [3.8, 4) is 0 Å². The molecule has 0 saturated carbocycles. The fourth-order valence-corrected chi connectivity index (χ4v) is 3.54. The van der Waals surface area contributed by atoms with Crippen LogP contribution in [0.15, 0.2) is 90.4 Å². The molecule has 0 fully saturated rings. The third kappa shape index (κ3) is 4.16. The Labute approximate surface area is 169 Å². The minimum atomic E-state index is -0.704. The van der Waals surface area contributed by atoms with E-state index in [0.717, 1.165) is 28.8 Å². The SMILES string of the molecule is C[N+]1(C(O)CCc2ccccc2)C=C(c2ccncc2)C(c2ccc(F)cc2)=N1. The first-order valence-corrected chi connectivity index (χ1v) is 9.63. The summed E-state index contributed by atoms with van der Waals surface area (Å²) in [5.41, 5.74) is 4.59. The first kappa shape index (κ1) is 19.2. The highest BCUT2D eigenvalue weighted by Gasteiger charge is 2.38. The molecule has 0 aliphatic carbocycles. The van der Waals surface area contributed by atoms with E-state index in [1.54, 1.807) is 24.5 Å². The molecule has 1 N–H and O–H groups in total. The van der Waals surface area contributed by atoms with E-state index in [1.807, 2.05) is 43.6 Å². The van der Waals surface area contributed by atoms with Gasteiger partial charge in [0.2, 0.25) is 6.23 Å². The summed E-state index contributed by atoms with van der Waals surface area (Å²) in [5.74, 6) is -0.290. The van der Waals surface area contributed by atoms with E-state index in [0.29, 0.717) is 6.42 Å². The van der Waals surface area contributed by atoms with Gasteiger partial charge in [0, 0.05) is 24.4 Å². The molecule has 0 amide bonds. The molecule has 0 saturated heterocycles. The number of allylic oxidation sites excluding steroid dienone is 1. The van der Waals surface area contributed by atoms with E-state index in [9.17, 15) is 9.50 Å². The van der Waals surface area contributed by atoms with Crippen LogP contribution >= 0.6 is 0 Å². The number of quaternary nitrogens is 1. The summed E-state index contributed by atoms with van der Waals surface area (Å²) in [4.78, 5) is 4.09. The van der Waals surface area contributed by atoms with E-state index in [2.05, 4.69) is 17.1 Å². The standard InChI is InChI=1S/C24H23FN3O/c1-28(23(29)12-7-18-5-3-2-4-6-18)17-22(19-13-15-26-16-14-19)24(27-28)20-8-10-21(25)11-9-20/h2-6,8-11,13-17,23,29H,7,12H2,1H3/q+1. The minimum Gasteiger partial charge on any atom is -0.343 e. The van der Waals surface area contributed by atoms with Crippen LogP contribution in [0.3, 0.4) is 0 Å². The van der Waals surface area contributed by atoms with Gasteiger partial charge < -0.3 is 5.11 Å². The Morgan fingerprint density at radius 3 is 2.31 bits per heavy atom. The van der Waals surface area contributed by atoms with Crippen LogP contribution in [-0.4, -0.2) is 33.7 Å². The highest BCUT2D eigenvalue weighted by atomic mass is 19.1. The van der Waals surface area contributed by atoms with Crippen molar-refractivity contribution in [3.05, 3.63) is 108 Å². The smallest absolute Gasteiger partial charge is 0.219 e. The summed E-state index contributed by atoms with van der Waals surface area (Å²) in [6, 6.07) is 20.2. The van der Waals surface area contributed by atoms with E-state index >= 15 is 0 Å². The van der Waals surface area contributed by atoms with Gasteiger partial charge >= 0.3 is 0 Å². The van der Waals surface area contributed by atoms with Crippen LogP contribution in [0, 0.1) is 5.82 Å². The molecule has 3 aromatic rings. The molecule has 146 valence electrons. The van der Waals surface area contributed by atoms with Crippen molar-refractivity contribution in [2.24, 2.45) is 5.10 Å². The molecule has 29 heavy (non-hydrogen) atoms. The lowest BCUT2D eigenvalue weighted by atomic mass is 9.98. The quantitative estimate of drug-likeness (QED) is 0.637. The van der Waals surface area contributed by atoms with Gasteiger partial charge in [0.15, 0.2) is 0 Å². The minimum absolute atomic E-state index is 0.0250.